The molecule has 1 aliphatic heterocycles. The first-order chi connectivity index (χ1) is 16.3. The van der Waals surface area contributed by atoms with Crippen molar-refractivity contribution in [1.29, 1.82) is 5.26 Å². The van der Waals surface area contributed by atoms with E-state index in [-0.39, 0.29) is 23.7 Å². The van der Waals surface area contributed by atoms with Crippen LogP contribution in [0.4, 0.5) is 5.69 Å². The second-order valence-electron chi connectivity index (χ2n) is 8.09. The number of hydrogen-bond acceptors (Lipinski definition) is 5. The van der Waals surface area contributed by atoms with E-state index < -0.39 is 6.04 Å². The van der Waals surface area contributed by atoms with E-state index in [1.165, 1.54) is 23.9 Å². The van der Waals surface area contributed by atoms with Crippen molar-refractivity contribution in [3.05, 3.63) is 80.7 Å². The highest BCUT2D eigenvalue weighted by molar-refractivity contribution is 6.31. The Balaban J connectivity index is 1.68. The van der Waals surface area contributed by atoms with Crippen LogP contribution in [0, 0.1) is 11.3 Å². The number of nitriles is 1. The fourth-order valence-corrected chi connectivity index (χ4v) is 4.45. The molecule has 172 valence electrons. The molecule has 4 rings (SSSR count). The van der Waals surface area contributed by atoms with Crippen molar-refractivity contribution in [2.45, 2.75) is 32.2 Å². The van der Waals surface area contributed by atoms with E-state index in [0.717, 1.165) is 16.8 Å². The third kappa shape index (κ3) is 4.45. The number of rotatable bonds is 7. The molecule has 0 fully saturated rings. The van der Waals surface area contributed by atoms with E-state index in [1.807, 2.05) is 19.1 Å². The number of amides is 1. The summed E-state index contributed by atoms with van der Waals surface area (Å²) in [4.78, 5) is 37.9. The van der Waals surface area contributed by atoms with Crippen LogP contribution in [-0.4, -0.2) is 23.4 Å². The van der Waals surface area contributed by atoms with E-state index in [4.69, 9.17) is 16.3 Å². The number of nitrogens with one attached hydrogen (secondary N) is 1. The van der Waals surface area contributed by atoms with Crippen molar-refractivity contribution < 1.29 is 14.3 Å². The van der Waals surface area contributed by atoms with Crippen molar-refractivity contribution in [2.75, 3.05) is 12.4 Å². The highest BCUT2D eigenvalue weighted by Gasteiger charge is 2.24. The topological polar surface area (TPSA) is 101 Å². The number of pyridine rings is 1. The van der Waals surface area contributed by atoms with Gasteiger partial charge in [0, 0.05) is 34.3 Å². The molecule has 1 aromatic heterocycles. The quantitative estimate of drug-likeness (QED) is 0.548. The highest BCUT2D eigenvalue weighted by atomic mass is 35.5. The Kier molecular flexibility index (Phi) is 6.53. The van der Waals surface area contributed by atoms with Gasteiger partial charge in [-0.05, 0) is 41.8 Å². The lowest BCUT2D eigenvalue weighted by Crippen LogP contribution is -2.30. The third-order valence-corrected chi connectivity index (χ3v) is 6.16. The Morgan fingerprint density at radius 1 is 1.21 bits per heavy atom. The van der Waals surface area contributed by atoms with Gasteiger partial charge in [-0.25, -0.2) is 0 Å². The molecule has 0 saturated heterocycles. The van der Waals surface area contributed by atoms with Gasteiger partial charge in [0.25, 0.3) is 5.56 Å². The van der Waals surface area contributed by atoms with Crippen LogP contribution < -0.4 is 15.6 Å². The van der Waals surface area contributed by atoms with Crippen molar-refractivity contribution in [1.82, 2.24) is 4.57 Å². The van der Waals surface area contributed by atoms with Crippen molar-refractivity contribution in [3.8, 4) is 22.9 Å². The second kappa shape index (κ2) is 9.54. The molecule has 1 amide bonds. The summed E-state index contributed by atoms with van der Waals surface area (Å²) < 4.78 is 6.90. The molecule has 3 aromatic rings. The summed E-state index contributed by atoms with van der Waals surface area (Å²) in [5.74, 6) is 0.159. The molecule has 1 N–H and O–H groups in total. The van der Waals surface area contributed by atoms with E-state index in [2.05, 4.69) is 11.4 Å². The molecule has 0 aliphatic carbocycles. The summed E-state index contributed by atoms with van der Waals surface area (Å²) in [6, 6.07) is 13.0. The number of benzene rings is 2. The van der Waals surface area contributed by atoms with Crippen LogP contribution >= 0.6 is 11.6 Å². The van der Waals surface area contributed by atoms with E-state index >= 15 is 0 Å². The van der Waals surface area contributed by atoms with E-state index in [0.29, 0.717) is 40.3 Å². The predicted octanol–water partition coefficient (Wildman–Crippen LogP) is 4.31. The molecule has 2 aromatic carbocycles. The number of carbonyl (C=O) groups excluding carboxylic acids is 2. The molecule has 0 spiro atoms. The number of methoxy groups -OCH3 is 1. The maximum Gasteiger partial charge on any atom is 0.252 e. The number of anilines is 1. The summed E-state index contributed by atoms with van der Waals surface area (Å²) in [5.41, 5.74) is 3.30. The van der Waals surface area contributed by atoms with Crippen LogP contribution in [0.5, 0.6) is 5.75 Å². The number of hydrogen-bond donors (Lipinski definition) is 1. The molecule has 1 atom stereocenters. The Labute approximate surface area is 201 Å². The smallest absolute Gasteiger partial charge is 0.252 e. The zero-order valence-electron chi connectivity index (χ0n) is 18.7. The lowest BCUT2D eigenvalue weighted by Gasteiger charge is -2.20. The lowest BCUT2D eigenvalue weighted by atomic mass is 9.98. The predicted molar refractivity (Wildman–Crippen MR) is 129 cm³/mol. The maximum absolute atomic E-state index is 13.2. The number of carbonyl (C=O) groups is 2. The molecule has 8 heteroatoms. The molecular formula is C26H22ClN3O4. The van der Waals surface area contributed by atoms with Gasteiger partial charge in [0.2, 0.25) is 5.91 Å². The van der Waals surface area contributed by atoms with Gasteiger partial charge in [-0.15, -0.1) is 0 Å². The van der Waals surface area contributed by atoms with E-state index in [9.17, 15) is 19.6 Å². The van der Waals surface area contributed by atoms with Gasteiger partial charge in [0.15, 0.2) is 5.78 Å². The van der Waals surface area contributed by atoms with Crippen LogP contribution in [-0.2, 0) is 22.4 Å². The highest BCUT2D eigenvalue weighted by Crippen LogP contribution is 2.33. The average molecular weight is 476 g/mol. The van der Waals surface area contributed by atoms with Crippen LogP contribution in [0.3, 0.4) is 0 Å². The summed E-state index contributed by atoms with van der Waals surface area (Å²) >= 11 is 6.12. The largest absolute Gasteiger partial charge is 0.495 e. The summed E-state index contributed by atoms with van der Waals surface area (Å²) in [5, 5.41) is 12.7. The standard InChI is InChI=1S/C26H22ClN3O4/c1-3-22(23(31)9-15-4-7-21-17(8-15)10-25(32)29-21)30-14-24(34-2)20(12-26(30)33)19-11-18(27)6-5-16(19)13-28/h4-8,11-12,14,22H,3,9-10H2,1-2H3,(H,29,32). The Bertz CT molecular complexity index is 1400. The zero-order valence-corrected chi connectivity index (χ0v) is 19.5. The fourth-order valence-electron chi connectivity index (χ4n) is 4.27. The Morgan fingerprint density at radius 3 is 2.71 bits per heavy atom. The van der Waals surface area contributed by atoms with Gasteiger partial charge in [0.05, 0.1) is 37.4 Å². The molecule has 34 heavy (non-hydrogen) atoms. The van der Waals surface area contributed by atoms with Gasteiger partial charge >= 0.3 is 0 Å². The summed E-state index contributed by atoms with van der Waals surface area (Å²) in [6.45, 7) is 1.84. The number of fused-ring (bicyclic) bond motifs is 1. The van der Waals surface area contributed by atoms with Gasteiger partial charge in [-0.2, -0.15) is 5.26 Å². The number of ether oxygens (including phenoxy) is 1. The van der Waals surface area contributed by atoms with Crippen LogP contribution in [0.1, 0.15) is 36.1 Å². The number of Topliss-reactive ketones (excluding diaryl/α,β-unsaturated/α-hetero) is 1. The molecule has 2 heterocycles. The molecule has 0 bridgehead atoms. The SMILES string of the molecule is CCC(C(=O)Cc1ccc2c(c1)CC(=O)N2)n1cc(OC)c(-c2cc(Cl)ccc2C#N)cc1=O. The second-order valence-corrected chi connectivity index (χ2v) is 8.52. The van der Waals surface area contributed by atoms with E-state index in [1.54, 1.807) is 24.3 Å². The normalized spacial score (nSPS) is 13.1. The van der Waals surface area contributed by atoms with Crippen LogP contribution in [0.2, 0.25) is 5.02 Å². The molecule has 1 aliphatic rings. The monoisotopic (exact) mass is 475 g/mol. The van der Waals surface area contributed by atoms with Gasteiger partial charge in [-0.1, -0.05) is 30.7 Å². The van der Waals surface area contributed by atoms with Gasteiger partial charge in [0.1, 0.15) is 5.75 Å². The first kappa shape index (κ1) is 23.3. The first-order valence-electron chi connectivity index (χ1n) is 10.8. The Hall–Kier alpha value is -3.89. The first-order valence-corrected chi connectivity index (χ1v) is 11.2. The maximum atomic E-state index is 13.2. The number of ketones is 1. The Morgan fingerprint density at radius 2 is 2.00 bits per heavy atom. The minimum Gasteiger partial charge on any atom is -0.495 e. The van der Waals surface area contributed by atoms with Crippen molar-refractivity contribution in [3.63, 3.8) is 0 Å². The van der Waals surface area contributed by atoms with Gasteiger partial charge < -0.3 is 14.6 Å². The molecular weight excluding hydrogens is 454 g/mol. The molecule has 0 radical (unpaired) electrons. The zero-order chi connectivity index (χ0) is 24.4. The molecule has 0 saturated carbocycles. The summed E-state index contributed by atoms with van der Waals surface area (Å²) in [7, 11) is 1.47. The van der Waals surface area contributed by atoms with Crippen molar-refractivity contribution >= 4 is 29.0 Å². The number of aromatic nitrogens is 1. The minimum absolute atomic E-state index is 0.0668. The van der Waals surface area contributed by atoms with Crippen LogP contribution in [0.25, 0.3) is 11.1 Å². The summed E-state index contributed by atoms with van der Waals surface area (Å²) in [6.07, 6.45) is 2.34. The lowest BCUT2D eigenvalue weighted by molar-refractivity contribution is -0.121. The van der Waals surface area contributed by atoms with Crippen molar-refractivity contribution in [2.24, 2.45) is 0 Å². The third-order valence-electron chi connectivity index (χ3n) is 5.92. The minimum atomic E-state index is -0.696. The fraction of sp³-hybridized carbons (Fsp3) is 0.231. The van der Waals surface area contributed by atoms with Gasteiger partial charge in [-0.3, -0.25) is 14.4 Å². The molecule has 7 nitrogen and oxygen atoms in total. The molecule has 1 unspecified atom stereocenters. The van der Waals surface area contributed by atoms with Crippen LogP contribution in [0.15, 0.2) is 53.5 Å². The number of halogens is 1. The number of nitrogens with zero attached hydrogens (tertiary/aromatic N) is 2. The average Bonchev–Trinajstić information content (AvgIpc) is 3.19.